The molecule has 0 fully saturated rings. The van der Waals surface area contributed by atoms with Gasteiger partial charge in [0.25, 0.3) is 0 Å². The number of aliphatic carboxylic acids is 1. The van der Waals surface area contributed by atoms with Gasteiger partial charge in [0.1, 0.15) is 5.75 Å². The first-order chi connectivity index (χ1) is 9.06. The molecule has 100 valence electrons. The third-order valence-electron chi connectivity index (χ3n) is 2.45. The lowest BCUT2D eigenvalue weighted by Crippen LogP contribution is -2.05. The first-order valence-corrected chi connectivity index (χ1v) is 6.85. The van der Waals surface area contributed by atoms with Crippen molar-refractivity contribution < 1.29 is 14.6 Å². The van der Waals surface area contributed by atoms with Crippen LogP contribution in [0.25, 0.3) is 11.3 Å². The molecule has 2 rings (SSSR count). The molecule has 0 saturated carbocycles. The number of carboxylic acid groups (broad SMARTS) is 1. The van der Waals surface area contributed by atoms with Crippen LogP contribution in [0.1, 0.15) is 18.7 Å². The summed E-state index contributed by atoms with van der Waals surface area (Å²) in [5, 5.41) is 8.86. The molecule has 0 unspecified atom stereocenters. The molecule has 0 aliphatic rings. The van der Waals surface area contributed by atoms with Crippen LogP contribution in [-0.2, 0) is 11.2 Å². The number of benzene rings is 1. The average Bonchev–Trinajstić information content (AvgIpc) is 2.76. The van der Waals surface area contributed by atoms with Crippen molar-refractivity contribution in [2.24, 2.45) is 0 Å². The van der Waals surface area contributed by atoms with Gasteiger partial charge >= 0.3 is 5.97 Å². The van der Waals surface area contributed by atoms with E-state index in [-0.39, 0.29) is 12.5 Å². The van der Waals surface area contributed by atoms with Crippen LogP contribution >= 0.6 is 11.3 Å². The fraction of sp³-hybridized carbons (Fsp3) is 0.286. The highest BCUT2D eigenvalue weighted by molar-refractivity contribution is 7.10. The smallest absolute Gasteiger partial charge is 0.308 e. The zero-order chi connectivity index (χ0) is 13.8. The second-order valence-corrected chi connectivity index (χ2v) is 5.32. The van der Waals surface area contributed by atoms with Gasteiger partial charge in [-0.15, -0.1) is 11.3 Å². The van der Waals surface area contributed by atoms with Crippen LogP contribution in [0.15, 0.2) is 29.8 Å². The average molecular weight is 277 g/mol. The second kappa shape index (κ2) is 5.84. The van der Waals surface area contributed by atoms with Crippen molar-refractivity contribution in [1.29, 1.82) is 0 Å². The van der Waals surface area contributed by atoms with Crippen LogP contribution in [0.2, 0.25) is 0 Å². The van der Waals surface area contributed by atoms with Crippen molar-refractivity contribution in [2.75, 3.05) is 0 Å². The number of thiazole rings is 1. The van der Waals surface area contributed by atoms with Crippen LogP contribution in [0.3, 0.4) is 0 Å². The molecular formula is C14H15NO3S. The van der Waals surface area contributed by atoms with Gasteiger partial charge in [0.05, 0.1) is 23.7 Å². The van der Waals surface area contributed by atoms with Crippen molar-refractivity contribution in [3.05, 3.63) is 34.7 Å². The van der Waals surface area contributed by atoms with Gasteiger partial charge in [-0.05, 0) is 38.1 Å². The summed E-state index contributed by atoms with van der Waals surface area (Å²) in [6.07, 6.45) is 0.136. The molecule has 4 nitrogen and oxygen atoms in total. The maximum absolute atomic E-state index is 10.8. The molecule has 0 saturated heterocycles. The summed E-state index contributed by atoms with van der Waals surface area (Å²) in [6.45, 7) is 3.94. The normalized spacial score (nSPS) is 10.7. The Labute approximate surface area is 115 Å². The highest BCUT2D eigenvalue weighted by Gasteiger charge is 2.12. The van der Waals surface area contributed by atoms with Crippen LogP contribution in [0, 0.1) is 0 Å². The number of carboxylic acids is 1. The van der Waals surface area contributed by atoms with Crippen LogP contribution < -0.4 is 4.74 Å². The van der Waals surface area contributed by atoms with E-state index in [1.807, 2.05) is 38.1 Å². The molecule has 0 radical (unpaired) electrons. The van der Waals surface area contributed by atoms with Gasteiger partial charge in [0.15, 0.2) is 0 Å². The summed E-state index contributed by atoms with van der Waals surface area (Å²) in [5.74, 6) is -0.0426. The number of carbonyl (C=O) groups is 1. The molecule has 0 spiro atoms. The number of nitrogens with zero attached hydrogens (tertiary/aromatic N) is 1. The molecule has 1 heterocycles. The number of ether oxygens (including phenoxy) is 1. The highest BCUT2D eigenvalue weighted by atomic mass is 32.1. The van der Waals surface area contributed by atoms with Gasteiger partial charge in [0.2, 0.25) is 0 Å². The molecule has 0 amide bonds. The van der Waals surface area contributed by atoms with Gasteiger partial charge in [0, 0.05) is 10.4 Å². The topological polar surface area (TPSA) is 59.4 Å². The maximum atomic E-state index is 10.8. The molecule has 19 heavy (non-hydrogen) atoms. The van der Waals surface area contributed by atoms with E-state index in [4.69, 9.17) is 9.84 Å². The molecule has 1 aromatic carbocycles. The van der Waals surface area contributed by atoms with Crippen molar-refractivity contribution in [2.45, 2.75) is 26.4 Å². The van der Waals surface area contributed by atoms with E-state index < -0.39 is 5.97 Å². The van der Waals surface area contributed by atoms with E-state index >= 15 is 0 Å². The van der Waals surface area contributed by atoms with E-state index in [9.17, 15) is 4.79 Å². The minimum absolute atomic E-state index is 0.00421. The lowest BCUT2D eigenvalue weighted by Gasteiger charge is -2.09. The predicted octanol–water partition coefficient (Wildman–Crippen LogP) is 3.22. The zero-order valence-corrected chi connectivity index (χ0v) is 11.6. The molecule has 0 bridgehead atoms. The van der Waals surface area contributed by atoms with E-state index in [0.29, 0.717) is 0 Å². The van der Waals surface area contributed by atoms with Crippen molar-refractivity contribution in [3.63, 3.8) is 0 Å². The second-order valence-electron chi connectivity index (χ2n) is 4.39. The van der Waals surface area contributed by atoms with Gasteiger partial charge < -0.3 is 9.84 Å². The monoisotopic (exact) mass is 277 g/mol. The molecule has 0 atom stereocenters. The molecule has 0 aliphatic heterocycles. The first kappa shape index (κ1) is 13.5. The van der Waals surface area contributed by atoms with E-state index in [2.05, 4.69) is 4.98 Å². The lowest BCUT2D eigenvalue weighted by atomic mass is 10.1. The Bertz CT molecular complexity index is 560. The Morgan fingerprint density at radius 3 is 2.63 bits per heavy atom. The SMILES string of the molecule is CC(C)Oc1ccc(-c2ncsc2CC(=O)O)cc1. The van der Waals surface area contributed by atoms with Gasteiger partial charge in [-0.3, -0.25) is 4.79 Å². The maximum Gasteiger partial charge on any atom is 0.308 e. The number of aromatic nitrogens is 1. The minimum atomic E-state index is -0.842. The van der Waals surface area contributed by atoms with Crippen molar-refractivity contribution >= 4 is 17.3 Å². The fourth-order valence-corrected chi connectivity index (χ4v) is 2.51. The minimum Gasteiger partial charge on any atom is -0.491 e. The Hall–Kier alpha value is -1.88. The molecule has 1 N–H and O–H groups in total. The standard InChI is InChI=1S/C14H15NO3S/c1-9(2)18-11-5-3-10(4-6-11)14-12(7-13(16)17)19-8-15-14/h3-6,8-9H,7H2,1-2H3,(H,16,17). The Balaban J connectivity index is 2.22. The molecule has 1 aromatic heterocycles. The summed E-state index contributed by atoms with van der Waals surface area (Å²) in [7, 11) is 0. The zero-order valence-electron chi connectivity index (χ0n) is 10.8. The largest absolute Gasteiger partial charge is 0.491 e. The summed E-state index contributed by atoms with van der Waals surface area (Å²) in [6, 6.07) is 7.55. The highest BCUT2D eigenvalue weighted by Crippen LogP contribution is 2.27. The Morgan fingerprint density at radius 1 is 1.37 bits per heavy atom. The quantitative estimate of drug-likeness (QED) is 0.911. The fourth-order valence-electron chi connectivity index (χ4n) is 1.73. The number of rotatable bonds is 5. The first-order valence-electron chi connectivity index (χ1n) is 5.97. The number of hydrogen-bond donors (Lipinski definition) is 1. The van der Waals surface area contributed by atoms with E-state index in [0.717, 1.165) is 21.9 Å². The van der Waals surface area contributed by atoms with Crippen LogP contribution in [-0.4, -0.2) is 22.2 Å². The summed E-state index contributed by atoms with van der Waals surface area (Å²) >= 11 is 1.36. The molecule has 0 aliphatic carbocycles. The Morgan fingerprint density at radius 2 is 2.05 bits per heavy atom. The Kier molecular flexibility index (Phi) is 4.16. The lowest BCUT2D eigenvalue weighted by molar-refractivity contribution is -0.136. The van der Waals surface area contributed by atoms with Gasteiger partial charge in [-0.1, -0.05) is 0 Å². The van der Waals surface area contributed by atoms with E-state index in [1.54, 1.807) is 5.51 Å². The predicted molar refractivity (Wildman–Crippen MR) is 74.7 cm³/mol. The number of hydrogen-bond acceptors (Lipinski definition) is 4. The van der Waals surface area contributed by atoms with Gasteiger partial charge in [-0.25, -0.2) is 4.98 Å². The third kappa shape index (κ3) is 3.54. The summed E-state index contributed by atoms with van der Waals surface area (Å²) < 4.78 is 5.57. The van der Waals surface area contributed by atoms with Crippen molar-refractivity contribution in [3.8, 4) is 17.0 Å². The van der Waals surface area contributed by atoms with Crippen LogP contribution in [0.4, 0.5) is 0 Å². The molecule has 5 heteroatoms. The summed E-state index contributed by atoms with van der Waals surface area (Å²) in [5.41, 5.74) is 3.32. The van der Waals surface area contributed by atoms with E-state index in [1.165, 1.54) is 11.3 Å². The molecule has 2 aromatic rings. The summed E-state index contributed by atoms with van der Waals surface area (Å²) in [4.78, 5) is 15.8. The third-order valence-corrected chi connectivity index (χ3v) is 3.29. The van der Waals surface area contributed by atoms with Crippen molar-refractivity contribution in [1.82, 2.24) is 4.98 Å². The van der Waals surface area contributed by atoms with Crippen LogP contribution in [0.5, 0.6) is 5.75 Å². The molecular weight excluding hydrogens is 262 g/mol. The van der Waals surface area contributed by atoms with Gasteiger partial charge in [-0.2, -0.15) is 0 Å².